The van der Waals surface area contributed by atoms with Gasteiger partial charge in [-0.05, 0) is 24.6 Å². The third kappa shape index (κ3) is 5.41. The van der Waals surface area contributed by atoms with Crippen LogP contribution in [0, 0.1) is 0 Å². The van der Waals surface area contributed by atoms with Gasteiger partial charge in [-0.3, -0.25) is 0 Å². The highest BCUT2D eigenvalue weighted by Crippen LogP contribution is 2.19. The molecule has 0 aliphatic carbocycles. The van der Waals surface area contributed by atoms with Gasteiger partial charge in [0.05, 0.1) is 0 Å². The molecule has 116 valence electrons. The fourth-order valence-corrected chi connectivity index (χ4v) is 2.69. The van der Waals surface area contributed by atoms with Gasteiger partial charge in [-0.15, -0.1) is 0 Å². The van der Waals surface area contributed by atoms with Crippen LogP contribution in [-0.2, 0) is 6.42 Å². The van der Waals surface area contributed by atoms with Crippen molar-refractivity contribution in [2.45, 2.75) is 71.1 Å². The number of nitrogens with two attached hydrogens (primary N) is 1. The zero-order valence-electron chi connectivity index (χ0n) is 13.2. The summed E-state index contributed by atoms with van der Waals surface area (Å²) in [5.41, 5.74) is 8.21. The second kappa shape index (κ2) is 8.71. The van der Waals surface area contributed by atoms with Gasteiger partial charge in [0.2, 0.25) is 0 Å². The molecule has 3 heteroatoms. The molecule has 3 nitrogen and oxygen atoms in total. The lowest BCUT2D eigenvalue weighted by molar-refractivity contribution is 0.502. The van der Waals surface area contributed by atoms with E-state index in [-0.39, 0.29) is 0 Å². The summed E-state index contributed by atoms with van der Waals surface area (Å²) in [4.78, 5) is 4.49. The minimum Gasteiger partial charge on any atom is -0.441 e. The lowest BCUT2D eigenvalue weighted by Gasteiger charge is -2.00. The third-order valence-corrected chi connectivity index (χ3v) is 3.95. The van der Waals surface area contributed by atoms with Crippen LogP contribution in [0.15, 0.2) is 22.6 Å². The molecule has 0 aliphatic rings. The molecule has 2 rings (SSSR count). The molecule has 0 saturated heterocycles. The van der Waals surface area contributed by atoms with E-state index in [2.05, 4.69) is 11.9 Å². The number of hydrogen-bond acceptors (Lipinski definition) is 3. The lowest BCUT2D eigenvalue weighted by atomic mass is 10.1. The number of nitrogen functional groups attached to an aromatic ring is 1. The highest BCUT2D eigenvalue weighted by Gasteiger charge is 2.05. The van der Waals surface area contributed by atoms with E-state index in [0.29, 0.717) is 0 Å². The van der Waals surface area contributed by atoms with E-state index in [1.165, 1.54) is 51.4 Å². The largest absolute Gasteiger partial charge is 0.441 e. The second-order valence-electron chi connectivity index (χ2n) is 5.91. The van der Waals surface area contributed by atoms with Gasteiger partial charge in [-0.1, -0.05) is 58.3 Å². The number of aryl methyl sites for hydroxylation is 1. The Hall–Kier alpha value is -1.51. The Morgan fingerprint density at radius 2 is 1.62 bits per heavy atom. The van der Waals surface area contributed by atoms with Gasteiger partial charge in [0, 0.05) is 12.1 Å². The Morgan fingerprint density at radius 1 is 0.952 bits per heavy atom. The summed E-state index contributed by atoms with van der Waals surface area (Å²) >= 11 is 0. The van der Waals surface area contributed by atoms with Crippen LogP contribution in [0.1, 0.15) is 70.6 Å². The maximum Gasteiger partial charge on any atom is 0.195 e. The molecule has 0 aliphatic heterocycles. The Bertz CT molecular complexity index is 533. The first kappa shape index (κ1) is 15.9. The average Bonchev–Trinajstić information content (AvgIpc) is 2.87. The molecule has 1 aromatic heterocycles. The number of hydrogen-bond donors (Lipinski definition) is 1. The summed E-state index contributed by atoms with van der Waals surface area (Å²) in [5.74, 6) is 0.846. The molecule has 0 atom stereocenters. The van der Waals surface area contributed by atoms with Crippen LogP contribution in [0.4, 0.5) is 5.69 Å². The predicted molar refractivity (Wildman–Crippen MR) is 89.4 cm³/mol. The van der Waals surface area contributed by atoms with Crippen molar-refractivity contribution >= 4 is 16.8 Å². The maximum absolute atomic E-state index is 5.75. The van der Waals surface area contributed by atoms with Crippen molar-refractivity contribution in [1.29, 1.82) is 0 Å². The minimum atomic E-state index is 0.741. The zero-order valence-corrected chi connectivity index (χ0v) is 13.2. The Kier molecular flexibility index (Phi) is 6.58. The number of rotatable bonds is 10. The number of oxazole rings is 1. The van der Waals surface area contributed by atoms with E-state index < -0.39 is 0 Å². The van der Waals surface area contributed by atoms with Crippen molar-refractivity contribution < 1.29 is 4.42 Å². The SMILES string of the molecule is CCCCCCCCCCCc1nc2cc(N)ccc2o1. The molecule has 0 radical (unpaired) electrons. The molecule has 2 aromatic rings. The van der Waals surface area contributed by atoms with Gasteiger partial charge in [-0.25, -0.2) is 4.98 Å². The number of unbranched alkanes of at least 4 members (excludes halogenated alkanes) is 8. The van der Waals surface area contributed by atoms with Crippen molar-refractivity contribution in [3.05, 3.63) is 24.1 Å². The smallest absolute Gasteiger partial charge is 0.195 e. The number of aromatic nitrogens is 1. The molecule has 0 amide bonds. The van der Waals surface area contributed by atoms with Crippen LogP contribution < -0.4 is 5.73 Å². The third-order valence-electron chi connectivity index (χ3n) is 3.95. The van der Waals surface area contributed by atoms with Crippen molar-refractivity contribution in [3.63, 3.8) is 0 Å². The van der Waals surface area contributed by atoms with E-state index in [4.69, 9.17) is 10.2 Å². The number of benzene rings is 1. The monoisotopic (exact) mass is 288 g/mol. The van der Waals surface area contributed by atoms with Crippen molar-refractivity contribution in [3.8, 4) is 0 Å². The molecule has 0 fully saturated rings. The van der Waals surface area contributed by atoms with Crippen molar-refractivity contribution in [1.82, 2.24) is 4.98 Å². The first-order valence-electron chi connectivity index (χ1n) is 8.44. The topological polar surface area (TPSA) is 52.0 Å². The molecule has 0 saturated carbocycles. The molecule has 1 heterocycles. The van der Waals surface area contributed by atoms with E-state index in [1.807, 2.05) is 18.2 Å². The van der Waals surface area contributed by atoms with Gasteiger partial charge in [-0.2, -0.15) is 0 Å². The van der Waals surface area contributed by atoms with Crippen molar-refractivity contribution in [2.24, 2.45) is 0 Å². The predicted octanol–water partition coefficient (Wildman–Crippen LogP) is 5.48. The first-order valence-corrected chi connectivity index (χ1v) is 8.44. The average molecular weight is 288 g/mol. The van der Waals surface area contributed by atoms with Crippen LogP contribution in [-0.4, -0.2) is 4.98 Å². The fraction of sp³-hybridized carbons (Fsp3) is 0.611. The minimum absolute atomic E-state index is 0.741. The number of nitrogens with zero attached hydrogens (tertiary/aromatic N) is 1. The molecule has 0 spiro atoms. The van der Waals surface area contributed by atoms with Gasteiger partial charge in [0.15, 0.2) is 11.5 Å². The van der Waals surface area contributed by atoms with Gasteiger partial charge < -0.3 is 10.2 Å². The molecule has 1 aromatic carbocycles. The highest BCUT2D eigenvalue weighted by molar-refractivity contribution is 5.76. The normalized spacial score (nSPS) is 11.3. The fourth-order valence-electron chi connectivity index (χ4n) is 2.69. The lowest BCUT2D eigenvalue weighted by Crippen LogP contribution is -1.86. The first-order chi connectivity index (χ1) is 10.3. The van der Waals surface area contributed by atoms with E-state index in [9.17, 15) is 0 Å². The highest BCUT2D eigenvalue weighted by atomic mass is 16.3. The van der Waals surface area contributed by atoms with Crippen LogP contribution in [0.3, 0.4) is 0 Å². The zero-order chi connectivity index (χ0) is 14.9. The Labute approximate surface area is 127 Å². The second-order valence-corrected chi connectivity index (χ2v) is 5.91. The Morgan fingerprint density at radius 3 is 2.33 bits per heavy atom. The maximum atomic E-state index is 5.75. The Balaban J connectivity index is 1.59. The van der Waals surface area contributed by atoms with E-state index in [1.54, 1.807) is 0 Å². The molecular formula is C18H28N2O. The van der Waals surface area contributed by atoms with Crippen LogP contribution in [0.5, 0.6) is 0 Å². The molecular weight excluding hydrogens is 260 g/mol. The molecule has 21 heavy (non-hydrogen) atoms. The number of anilines is 1. The van der Waals surface area contributed by atoms with Crippen molar-refractivity contribution in [2.75, 3.05) is 5.73 Å². The molecule has 0 unspecified atom stereocenters. The summed E-state index contributed by atoms with van der Waals surface area (Å²) in [5, 5.41) is 0. The van der Waals surface area contributed by atoms with E-state index >= 15 is 0 Å². The van der Waals surface area contributed by atoms with Crippen LogP contribution >= 0.6 is 0 Å². The van der Waals surface area contributed by atoms with Crippen LogP contribution in [0.2, 0.25) is 0 Å². The summed E-state index contributed by atoms with van der Waals surface area (Å²) in [6.45, 7) is 2.26. The van der Waals surface area contributed by atoms with Gasteiger partial charge in [0.1, 0.15) is 5.52 Å². The van der Waals surface area contributed by atoms with Gasteiger partial charge >= 0.3 is 0 Å². The summed E-state index contributed by atoms with van der Waals surface area (Å²) in [6.07, 6.45) is 13.0. The molecule has 0 bridgehead atoms. The van der Waals surface area contributed by atoms with Crippen LogP contribution in [0.25, 0.3) is 11.1 Å². The quantitative estimate of drug-likeness (QED) is 0.465. The summed E-state index contributed by atoms with van der Waals surface area (Å²) < 4.78 is 5.73. The number of fused-ring (bicyclic) bond motifs is 1. The van der Waals surface area contributed by atoms with E-state index in [0.717, 1.165) is 35.5 Å². The molecule has 2 N–H and O–H groups in total. The van der Waals surface area contributed by atoms with Gasteiger partial charge in [0.25, 0.3) is 0 Å². The summed E-state index contributed by atoms with van der Waals surface area (Å²) in [6, 6.07) is 5.63. The standard InChI is InChI=1S/C18H28N2O/c1-2-3-4-5-6-7-8-9-10-11-18-20-16-14-15(19)12-13-17(16)21-18/h12-14H,2-11,19H2,1H3. The summed E-state index contributed by atoms with van der Waals surface area (Å²) in [7, 11) is 0.